The molecule has 2 N–H and O–H groups in total. The molecule has 2 aromatic rings. The van der Waals surface area contributed by atoms with Gasteiger partial charge in [0, 0.05) is 6.04 Å². The molecule has 0 spiro atoms. The van der Waals surface area contributed by atoms with E-state index in [1.807, 2.05) is 44.2 Å². The van der Waals surface area contributed by atoms with Gasteiger partial charge in [0.1, 0.15) is 11.5 Å². The van der Waals surface area contributed by atoms with Gasteiger partial charge in [0.25, 0.3) is 0 Å². The Balaban J connectivity index is 2.25. The number of rotatable bonds is 5. The highest BCUT2D eigenvalue weighted by Gasteiger charge is 2.24. The SMILES string of the molecule is CCC(N)C(Oc1ccc(C)cc1Cl)c1ccco1. The second-order valence-corrected chi connectivity index (χ2v) is 4.97. The quantitative estimate of drug-likeness (QED) is 0.896. The van der Waals surface area contributed by atoms with Gasteiger partial charge in [-0.15, -0.1) is 0 Å². The highest BCUT2D eigenvalue weighted by Crippen LogP contribution is 2.31. The van der Waals surface area contributed by atoms with Crippen molar-refractivity contribution in [2.45, 2.75) is 32.4 Å². The molecule has 2 unspecified atom stereocenters. The summed E-state index contributed by atoms with van der Waals surface area (Å²) in [6.07, 6.45) is 2.07. The van der Waals surface area contributed by atoms with Crippen molar-refractivity contribution in [2.75, 3.05) is 0 Å². The molecule has 0 bridgehead atoms. The Labute approximate surface area is 118 Å². The van der Waals surface area contributed by atoms with Gasteiger partial charge in [0.05, 0.1) is 11.3 Å². The number of hydrogen-bond acceptors (Lipinski definition) is 3. The average molecular weight is 280 g/mol. The van der Waals surface area contributed by atoms with Crippen LogP contribution in [0.3, 0.4) is 0 Å². The lowest BCUT2D eigenvalue weighted by Crippen LogP contribution is -2.31. The molecule has 2 rings (SSSR count). The summed E-state index contributed by atoms with van der Waals surface area (Å²) >= 11 is 6.19. The van der Waals surface area contributed by atoms with E-state index in [9.17, 15) is 0 Å². The lowest BCUT2D eigenvalue weighted by molar-refractivity contribution is 0.145. The number of nitrogens with two attached hydrogens (primary N) is 1. The molecule has 0 aliphatic heterocycles. The molecular weight excluding hydrogens is 262 g/mol. The highest BCUT2D eigenvalue weighted by molar-refractivity contribution is 6.32. The number of hydrogen-bond donors (Lipinski definition) is 1. The van der Waals surface area contributed by atoms with Gasteiger partial charge in [-0.25, -0.2) is 0 Å². The van der Waals surface area contributed by atoms with Crippen molar-refractivity contribution in [2.24, 2.45) is 5.73 Å². The molecule has 1 heterocycles. The molecule has 4 heteroatoms. The van der Waals surface area contributed by atoms with Crippen molar-refractivity contribution in [3.8, 4) is 5.75 Å². The summed E-state index contributed by atoms with van der Waals surface area (Å²) in [6.45, 7) is 4.00. The Morgan fingerprint density at radius 2 is 2.16 bits per heavy atom. The van der Waals surface area contributed by atoms with Crippen LogP contribution in [0.4, 0.5) is 0 Å². The maximum atomic E-state index is 6.19. The third-order valence-electron chi connectivity index (χ3n) is 3.03. The zero-order valence-electron chi connectivity index (χ0n) is 11.1. The normalized spacial score (nSPS) is 14.1. The first-order valence-corrected chi connectivity index (χ1v) is 6.71. The summed E-state index contributed by atoms with van der Waals surface area (Å²) < 4.78 is 11.4. The Morgan fingerprint density at radius 1 is 1.37 bits per heavy atom. The number of benzene rings is 1. The largest absolute Gasteiger partial charge is 0.479 e. The first kappa shape index (κ1) is 14.0. The Morgan fingerprint density at radius 3 is 2.74 bits per heavy atom. The van der Waals surface area contributed by atoms with Gasteiger partial charge in [-0.1, -0.05) is 24.6 Å². The predicted octanol–water partition coefficient (Wildman–Crippen LogP) is 4.10. The first-order valence-electron chi connectivity index (χ1n) is 6.33. The predicted molar refractivity (Wildman–Crippen MR) is 76.5 cm³/mol. The van der Waals surface area contributed by atoms with Crippen molar-refractivity contribution in [1.29, 1.82) is 0 Å². The molecule has 3 nitrogen and oxygen atoms in total. The lowest BCUT2D eigenvalue weighted by Gasteiger charge is -2.23. The van der Waals surface area contributed by atoms with Gasteiger partial charge < -0.3 is 14.9 Å². The van der Waals surface area contributed by atoms with Crippen molar-refractivity contribution in [1.82, 2.24) is 0 Å². The van der Waals surface area contributed by atoms with E-state index >= 15 is 0 Å². The van der Waals surface area contributed by atoms with Crippen LogP contribution in [0.25, 0.3) is 0 Å². The number of furan rings is 1. The maximum Gasteiger partial charge on any atom is 0.171 e. The van der Waals surface area contributed by atoms with E-state index in [4.69, 9.17) is 26.5 Å². The summed E-state index contributed by atoms with van der Waals surface area (Å²) in [5.74, 6) is 1.34. The van der Waals surface area contributed by atoms with Gasteiger partial charge in [-0.3, -0.25) is 0 Å². The summed E-state index contributed by atoms with van der Waals surface area (Å²) in [5.41, 5.74) is 7.20. The van der Waals surface area contributed by atoms with Gasteiger partial charge in [0.15, 0.2) is 6.10 Å². The second kappa shape index (κ2) is 6.13. The molecule has 0 fully saturated rings. The minimum Gasteiger partial charge on any atom is -0.479 e. The number of halogens is 1. The zero-order chi connectivity index (χ0) is 13.8. The van der Waals surface area contributed by atoms with Crippen LogP contribution in [0.15, 0.2) is 41.0 Å². The molecule has 0 amide bonds. The highest BCUT2D eigenvalue weighted by atomic mass is 35.5. The summed E-state index contributed by atoms with van der Waals surface area (Å²) in [5, 5.41) is 0.583. The molecule has 0 radical (unpaired) electrons. The van der Waals surface area contributed by atoms with E-state index in [1.54, 1.807) is 6.26 Å². The standard InChI is InChI=1S/C15H18ClNO2/c1-3-12(17)15(14-5-4-8-18-14)19-13-7-6-10(2)9-11(13)16/h4-9,12,15H,3,17H2,1-2H3. The van der Waals surface area contributed by atoms with Crippen molar-refractivity contribution in [3.63, 3.8) is 0 Å². The van der Waals surface area contributed by atoms with Crippen LogP contribution < -0.4 is 10.5 Å². The van der Waals surface area contributed by atoms with Gasteiger partial charge in [-0.05, 0) is 43.2 Å². The monoisotopic (exact) mass is 279 g/mol. The topological polar surface area (TPSA) is 48.4 Å². The summed E-state index contributed by atoms with van der Waals surface area (Å²) in [6, 6.07) is 9.22. The van der Waals surface area contributed by atoms with Gasteiger partial charge in [0.2, 0.25) is 0 Å². The molecule has 0 aliphatic rings. The number of ether oxygens (including phenoxy) is 1. The van der Waals surface area contributed by atoms with E-state index in [0.717, 1.165) is 12.0 Å². The van der Waals surface area contributed by atoms with E-state index in [0.29, 0.717) is 16.5 Å². The van der Waals surface area contributed by atoms with Crippen LogP contribution in [-0.4, -0.2) is 6.04 Å². The first-order chi connectivity index (χ1) is 9.11. The van der Waals surface area contributed by atoms with E-state index in [1.165, 1.54) is 0 Å². The minimum atomic E-state index is -0.333. The molecule has 2 atom stereocenters. The van der Waals surface area contributed by atoms with E-state index < -0.39 is 0 Å². The van der Waals surface area contributed by atoms with Crippen molar-refractivity contribution in [3.05, 3.63) is 52.9 Å². The van der Waals surface area contributed by atoms with Gasteiger partial charge in [-0.2, -0.15) is 0 Å². The maximum absolute atomic E-state index is 6.19. The fraction of sp³-hybridized carbons (Fsp3) is 0.333. The van der Waals surface area contributed by atoms with Crippen LogP contribution in [0.2, 0.25) is 5.02 Å². The molecule has 1 aromatic heterocycles. The van der Waals surface area contributed by atoms with E-state index in [-0.39, 0.29) is 12.1 Å². The summed E-state index contributed by atoms with van der Waals surface area (Å²) in [7, 11) is 0. The minimum absolute atomic E-state index is 0.150. The van der Waals surface area contributed by atoms with E-state index in [2.05, 4.69) is 0 Å². The fourth-order valence-corrected chi connectivity index (χ4v) is 2.14. The third kappa shape index (κ3) is 3.31. The van der Waals surface area contributed by atoms with Crippen LogP contribution in [0, 0.1) is 6.92 Å². The van der Waals surface area contributed by atoms with Crippen molar-refractivity contribution >= 4 is 11.6 Å². The fourth-order valence-electron chi connectivity index (χ4n) is 1.86. The molecule has 0 saturated carbocycles. The lowest BCUT2D eigenvalue weighted by atomic mass is 10.1. The smallest absolute Gasteiger partial charge is 0.171 e. The molecule has 0 saturated heterocycles. The molecule has 1 aromatic carbocycles. The third-order valence-corrected chi connectivity index (χ3v) is 3.32. The number of aryl methyl sites for hydroxylation is 1. The van der Waals surface area contributed by atoms with Crippen LogP contribution >= 0.6 is 11.6 Å². The van der Waals surface area contributed by atoms with Crippen LogP contribution in [0.1, 0.15) is 30.8 Å². The van der Waals surface area contributed by atoms with Crippen LogP contribution in [0.5, 0.6) is 5.75 Å². The van der Waals surface area contributed by atoms with Crippen molar-refractivity contribution < 1.29 is 9.15 Å². The average Bonchev–Trinajstić information content (AvgIpc) is 2.91. The molecular formula is C15H18ClNO2. The Kier molecular flexibility index (Phi) is 4.51. The molecule has 0 aliphatic carbocycles. The van der Waals surface area contributed by atoms with Crippen LogP contribution in [-0.2, 0) is 0 Å². The van der Waals surface area contributed by atoms with Gasteiger partial charge >= 0.3 is 0 Å². The molecule has 19 heavy (non-hydrogen) atoms. The Hall–Kier alpha value is -1.45. The molecule has 102 valence electrons. The second-order valence-electron chi connectivity index (χ2n) is 4.56. The summed E-state index contributed by atoms with van der Waals surface area (Å²) in [4.78, 5) is 0. The zero-order valence-corrected chi connectivity index (χ0v) is 11.9. The Bertz CT molecular complexity index is 525.